The zero-order valence-corrected chi connectivity index (χ0v) is 12.5. The predicted molar refractivity (Wildman–Crippen MR) is 86.8 cm³/mol. The van der Waals surface area contributed by atoms with Crippen LogP contribution in [0.4, 0.5) is 11.5 Å². The van der Waals surface area contributed by atoms with Gasteiger partial charge < -0.3 is 10.3 Å². The molecular formula is C16H16N6. The molecule has 0 fully saturated rings. The van der Waals surface area contributed by atoms with Crippen molar-refractivity contribution in [2.24, 2.45) is 4.99 Å². The van der Waals surface area contributed by atoms with Gasteiger partial charge in [-0.05, 0) is 25.0 Å². The molecular weight excluding hydrogens is 276 g/mol. The van der Waals surface area contributed by atoms with Crippen molar-refractivity contribution in [2.45, 2.75) is 26.8 Å². The summed E-state index contributed by atoms with van der Waals surface area (Å²) in [6.07, 6.45) is 6.20. The molecule has 3 aromatic heterocycles. The fourth-order valence-corrected chi connectivity index (χ4v) is 2.86. The van der Waals surface area contributed by atoms with Crippen LogP contribution in [0.5, 0.6) is 0 Å². The summed E-state index contributed by atoms with van der Waals surface area (Å²) >= 11 is 0. The highest BCUT2D eigenvalue weighted by Crippen LogP contribution is 2.28. The monoisotopic (exact) mass is 292 g/mol. The minimum Gasteiger partial charge on any atom is -0.343 e. The summed E-state index contributed by atoms with van der Waals surface area (Å²) in [4.78, 5) is 20.8. The van der Waals surface area contributed by atoms with E-state index in [4.69, 9.17) is 0 Å². The van der Waals surface area contributed by atoms with Crippen molar-refractivity contribution < 1.29 is 0 Å². The van der Waals surface area contributed by atoms with Crippen molar-refractivity contribution in [3.63, 3.8) is 0 Å². The van der Waals surface area contributed by atoms with Gasteiger partial charge in [-0.1, -0.05) is 6.92 Å². The molecule has 0 unspecified atom stereocenters. The zero-order chi connectivity index (χ0) is 15.1. The molecule has 1 aliphatic rings. The number of pyridine rings is 1. The number of aromatic nitrogens is 4. The average Bonchev–Trinajstić information content (AvgIpc) is 3.12. The quantitative estimate of drug-likeness (QED) is 0.778. The second-order valence-electron chi connectivity index (χ2n) is 5.38. The van der Waals surface area contributed by atoms with E-state index in [0.29, 0.717) is 6.54 Å². The van der Waals surface area contributed by atoms with E-state index in [-0.39, 0.29) is 0 Å². The highest BCUT2D eigenvalue weighted by molar-refractivity contribution is 5.93. The Morgan fingerprint density at radius 2 is 2.18 bits per heavy atom. The molecule has 0 saturated carbocycles. The Morgan fingerprint density at radius 1 is 1.27 bits per heavy atom. The third kappa shape index (κ3) is 1.95. The molecule has 0 radical (unpaired) electrons. The molecule has 0 saturated heterocycles. The summed E-state index contributed by atoms with van der Waals surface area (Å²) in [5, 5.41) is 4.40. The van der Waals surface area contributed by atoms with Gasteiger partial charge in [-0.25, -0.2) is 9.97 Å². The van der Waals surface area contributed by atoms with Crippen molar-refractivity contribution in [3.05, 3.63) is 41.1 Å². The highest BCUT2D eigenvalue weighted by atomic mass is 15.0. The van der Waals surface area contributed by atoms with E-state index in [9.17, 15) is 0 Å². The molecule has 0 amide bonds. The molecule has 0 bridgehead atoms. The van der Waals surface area contributed by atoms with Crippen LogP contribution in [0.2, 0.25) is 0 Å². The van der Waals surface area contributed by atoms with E-state index in [2.05, 4.69) is 50.2 Å². The number of nitrogens with zero attached hydrogens (tertiary/aromatic N) is 4. The van der Waals surface area contributed by atoms with Crippen LogP contribution in [0.3, 0.4) is 0 Å². The second kappa shape index (κ2) is 4.91. The summed E-state index contributed by atoms with van der Waals surface area (Å²) in [6.45, 7) is 4.89. The van der Waals surface area contributed by atoms with Crippen LogP contribution < -0.4 is 5.32 Å². The summed E-state index contributed by atoms with van der Waals surface area (Å²) in [5.41, 5.74) is 6.24. The fourth-order valence-electron chi connectivity index (χ4n) is 2.86. The van der Waals surface area contributed by atoms with Crippen molar-refractivity contribution in [2.75, 3.05) is 5.32 Å². The van der Waals surface area contributed by atoms with Gasteiger partial charge in [0.05, 0.1) is 29.5 Å². The lowest BCUT2D eigenvalue weighted by atomic mass is 10.1. The number of aryl methyl sites for hydroxylation is 2. The number of H-pyrrole nitrogens is 1. The summed E-state index contributed by atoms with van der Waals surface area (Å²) in [7, 11) is 0. The molecule has 22 heavy (non-hydrogen) atoms. The lowest BCUT2D eigenvalue weighted by Crippen LogP contribution is -1.98. The van der Waals surface area contributed by atoms with E-state index in [1.807, 2.05) is 12.4 Å². The molecule has 6 heteroatoms. The third-order valence-corrected chi connectivity index (χ3v) is 4.04. The molecule has 110 valence electrons. The van der Waals surface area contributed by atoms with E-state index in [0.717, 1.165) is 40.2 Å². The highest BCUT2D eigenvalue weighted by Gasteiger charge is 2.14. The van der Waals surface area contributed by atoms with E-state index in [1.54, 1.807) is 6.33 Å². The van der Waals surface area contributed by atoms with Crippen LogP contribution in [0.25, 0.3) is 11.0 Å². The number of hydrogen-bond acceptors (Lipinski definition) is 5. The van der Waals surface area contributed by atoms with E-state index >= 15 is 0 Å². The van der Waals surface area contributed by atoms with Gasteiger partial charge in [-0.3, -0.25) is 9.98 Å². The minimum absolute atomic E-state index is 0.671. The van der Waals surface area contributed by atoms with Gasteiger partial charge in [0.25, 0.3) is 0 Å². The topological polar surface area (TPSA) is 78.9 Å². The Labute approximate surface area is 127 Å². The molecule has 2 N–H and O–H groups in total. The first-order valence-corrected chi connectivity index (χ1v) is 7.34. The summed E-state index contributed by atoms with van der Waals surface area (Å²) in [5.74, 6) is 0.801. The molecule has 1 aliphatic heterocycles. The fraction of sp³-hybridized carbons (Fsp3) is 0.250. The Balaban J connectivity index is 1.78. The van der Waals surface area contributed by atoms with Gasteiger partial charge in [-0.15, -0.1) is 0 Å². The maximum absolute atomic E-state index is 4.44. The number of aromatic amines is 1. The third-order valence-electron chi connectivity index (χ3n) is 4.04. The van der Waals surface area contributed by atoms with Gasteiger partial charge >= 0.3 is 0 Å². The van der Waals surface area contributed by atoms with Crippen LogP contribution in [0.15, 0.2) is 23.6 Å². The summed E-state index contributed by atoms with van der Waals surface area (Å²) in [6, 6.07) is 2.05. The van der Waals surface area contributed by atoms with Crippen LogP contribution in [-0.2, 0) is 13.0 Å². The van der Waals surface area contributed by atoms with Gasteiger partial charge in [0, 0.05) is 17.5 Å². The van der Waals surface area contributed by atoms with Gasteiger partial charge in [0.1, 0.15) is 17.8 Å². The number of fused-ring (bicyclic) bond motifs is 2. The van der Waals surface area contributed by atoms with E-state index < -0.39 is 0 Å². The van der Waals surface area contributed by atoms with Gasteiger partial charge in [0.2, 0.25) is 0 Å². The number of aliphatic imine (C=N–C) groups is 1. The van der Waals surface area contributed by atoms with Crippen molar-refractivity contribution in [3.8, 4) is 0 Å². The standard InChI is InChI=1S/C16H16N6/c1-3-12-9(2)14-15(19-8-20-16(14)22-12)21-11-4-10-5-17-7-13(10)18-6-11/h4-6,8H,3,7H2,1-2H3,(H2,19,20,21,22). The van der Waals surface area contributed by atoms with Crippen molar-refractivity contribution in [1.29, 1.82) is 0 Å². The molecule has 0 atom stereocenters. The number of rotatable bonds is 3. The smallest absolute Gasteiger partial charge is 0.143 e. The lowest BCUT2D eigenvalue weighted by Gasteiger charge is -2.08. The van der Waals surface area contributed by atoms with Crippen LogP contribution in [0.1, 0.15) is 29.4 Å². The normalized spacial score (nSPS) is 12.8. The van der Waals surface area contributed by atoms with Crippen molar-refractivity contribution in [1.82, 2.24) is 19.9 Å². The maximum atomic E-state index is 4.44. The lowest BCUT2D eigenvalue weighted by molar-refractivity contribution is 1.02. The zero-order valence-electron chi connectivity index (χ0n) is 12.5. The SMILES string of the molecule is CCc1[nH]c2ncnc(Nc3cnc4c(c3)C=NC4)c2c1C. The molecule has 0 aliphatic carbocycles. The molecule has 6 nitrogen and oxygen atoms in total. The number of hydrogen-bond donors (Lipinski definition) is 2. The first-order valence-electron chi connectivity index (χ1n) is 7.34. The second-order valence-corrected chi connectivity index (χ2v) is 5.38. The van der Waals surface area contributed by atoms with Gasteiger partial charge in [0.15, 0.2) is 0 Å². The van der Waals surface area contributed by atoms with Crippen LogP contribution in [0, 0.1) is 6.92 Å². The molecule has 3 aromatic rings. The Kier molecular flexibility index (Phi) is 2.89. The molecule has 4 rings (SSSR count). The Hall–Kier alpha value is -2.76. The van der Waals surface area contributed by atoms with Crippen LogP contribution >= 0.6 is 0 Å². The molecule has 4 heterocycles. The average molecular weight is 292 g/mol. The number of anilines is 2. The first-order chi connectivity index (χ1) is 10.8. The predicted octanol–water partition coefficient (Wildman–Crippen LogP) is 2.90. The van der Waals surface area contributed by atoms with Crippen LogP contribution in [-0.4, -0.2) is 26.2 Å². The maximum Gasteiger partial charge on any atom is 0.143 e. The first kappa shape index (κ1) is 12.9. The Morgan fingerprint density at radius 3 is 3.05 bits per heavy atom. The summed E-state index contributed by atoms with van der Waals surface area (Å²) < 4.78 is 0. The Bertz CT molecular complexity index is 893. The molecule has 0 aromatic carbocycles. The van der Waals surface area contributed by atoms with Crippen molar-refractivity contribution >= 4 is 28.8 Å². The molecule has 0 spiro atoms. The van der Waals surface area contributed by atoms with Gasteiger partial charge in [-0.2, -0.15) is 0 Å². The van der Waals surface area contributed by atoms with E-state index in [1.165, 1.54) is 11.3 Å². The minimum atomic E-state index is 0.671. The number of nitrogens with one attached hydrogen (secondary N) is 2. The largest absolute Gasteiger partial charge is 0.343 e.